The molecule has 4 heteroatoms. The average Bonchev–Trinajstić information content (AvgIpc) is 3.63. The molecule has 1 aromatic carbocycles. The number of para-hydroxylation sites is 2. The highest BCUT2D eigenvalue weighted by Gasteiger charge is 2.57. The predicted octanol–water partition coefficient (Wildman–Crippen LogP) is 7.18. The zero-order valence-corrected chi connectivity index (χ0v) is 22.0. The van der Waals surface area contributed by atoms with Crippen molar-refractivity contribution in [3.63, 3.8) is 0 Å². The Labute approximate surface area is 211 Å². The molecule has 6 atom stereocenters. The van der Waals surface area contributed by atoms with Gasteiger partial charge in [-0.05, 0) is 80.2 Å². The first-order valence-electron chi connectivity index (χ1n) is 14.1. The van der Waals surface area contributed by atoms with Crippen LogP contribution < -0.4 is 5.32 Å². The summed E-state index contributed by atoms with van der Waals surface area (Å²) in [5.41, 5.74) is 6.32. The normalized spacial score (nSPS) is 37.4. The molecule has 2 fully saturated rings. The van der Waals surface area contributed by atoms with E-state index in [0.717, 1.165) is 29.9 Å². The molecule has 35 heavy (non-hydrogen) atoms. The van der Waals surface area contributed by atoms with Crippen LogP contribution in [0.2, 0.25) is 0 Å². The molecule has 0 bridgehead atoms. The summed E-state index contributed by atoms with van der Waals surface area (Å²) in [6, 6.07) is 9.28. The number of aromatic nitrogens is 2. The van der Waals surface area contributed by atoms with E-state index in [1.54, 1.807) is 5.57 Å². The number of hydrogen-bond donors (Lipinski definition) is 1. The van der Waals surface area contributed by atoms with E-state index in [2.05, 4.69) is 83.8 Å². The molecule has 186 valence electrons. The number of hydrogen-bond acceptors (Lipinski definition) is 3. The van der Waals surface area contributed by atoms with Gasteiger partial charge < -0.3 is 14.8 Å². The summed E-state index contributed by atoms with van der Waals surface area (Å²) in [7, 11) is 0. The number of fused-ring (bicyclic) bond motifs is 6. The zero-order chi connectivity index (χ0) is 24.2. The molecule has 7 rings (SSSR count). The lowest BCUT2D eigenvalue weighted by atomic mass is 9.47. The topological polar surface area (TPSA) is 33.1 Å². The molecule has 1 aromatic heterocycles. The number of nitrogens with zero attached hydrogens (tertiary/aromatic N) is 3. The van der Waals surface area contributed by atoms with Crippen molar-refractivity contribution in [1.29, 1.82) is 0 Å². The van der Waals surface area contributed by atoms with E-state index in [1.807, 2.05) is 13.8 Å². The molecule has 4 aliphatic carbocycles. The third-order valence-electron chi connectivity index (χ3n) is 10.5. The van der Waals surface area contributed by atoms with Gasteiger partial charge >= 0.3 is 0 Å². The van der Waals surface area contributed by atoms with Gasteiger partial charge in [0, 0.05) is 29.6 Å². The van der Waals surface area contributed by atoms with Gasteiger partial charge in [0.15, 0.2) is 0 Å². The minimum Gasteiger partial charge on any atom is -0.373 e. The SMILES string of the molecule is CC.CC12CCC(N3C=CNC3)CC1=CCC1C2CCC2(C)C(n3cnc4ccccc43)=CCC12. The Bertz CT molecular complexity index is 1190. The van der Waals surface area contributed by atoms with E-state index in [9.17, 15) is 0 Å². The Morgan fingerprint density at radius 1 is 0.971 bits per heavy atom. The molecule has 1 N–H and O–H groups in total. The number of allylic oxidation sites excluding steroid dienone is 3. The molecular formula is C31H42N4. The fourth-order valence-corrected chi connectivity index (χ4v) is 8.60. The molecule has 0 spiro atoms. The second-order valence-electron chi connectivity index (χ2n) is 11.7. The Kier molecular flexibility index (Phi) is 5.62. The van der Waals surface area contributed by atoms with E-state index in [-0.39, 0.29) is 5.41 Å². The minimum atomic E-state index is 0.259. The Morgan fingerprint density at radius 2 is 1.80 bits per heavy atom. The van der Waals surface area contributed by atoms with Crippen molar-refractivity contribution in [3.05, 3.63) is 60.7 Å². The summed E-state index contributed by atoms with van der Waals surface area (Å²) in [6.45, 7) is 10.2. The number of nitrogens with one attached hydrogen (secondary N) is 1. The van der Waals surface area contributed by atoms with Gasteiger partial charge in [-0.2, -0.15) is 0 Å². The molecular weight excluding hydrogens is 428 g/mol. The fourth-order valence-electron chi connectivity index (χ4n) is 8.60. The van der Waals surface area contributed by atoms with Gasteiger partial charge in [-0.1, -0.05) is 57.6 Å². The van der Waals surface area contributed by atoms with Crippen molar-refractivity contribution in [2.45, 2.75) is 78.7 Å². The number of rotatable bonds is 2. The average molecular weight is 471 g/mol. The maximum Gasteiger partial charge on any atom is 0.100 e. The maximum atomic E-state index is 4.72. The fraction of sp³-hybridized carbons (Fsp3) is 0.581. The second-order valence-corrected chi connectivity index (χ2v) is 11.7. The number of imidazole rings is 1. The lowest BCUT2D eigenvalue weighted by molar-refractivity contribution is -0.0175. The minimum absolute atomic E-state index is 0.259. The lowest BCUT2D eigenvalue weighted by Crippen LogP contribution is -2.51. The van der Waals surface area contributed by atoms with Gasteiger partial charge in [0.25, 0.3) is 0 Å². The molecule has 2 aromatic rings. The summed E-state index contributed by atoms with van der Waals surface area (Å²) >= 11 is 0. The Balaban J connectivity index is 0.00000112. The first-order chi connectivity index (χ1) is 17.1. The predicted molar refractivity (Wildman–Crippen MR) is 145 cm³/mol. The van der Waals surface area contributed by atoms with Gasteiger partial charge in [-0.3, -0.25) is 0 Å². The van der Waals surface area contributed by atoms with Crippen LogP contribution in [0, 0.1) is 28.6 Å². The molecule has 1 aliphatic heterocycles. The lowest BCUT2D eigenvalue weighted by Gasteiger charge is -2.58. The van der Waals surface area contributed by atoms with Gasteiger partial charge in [0.2, 0.25) is 0 Å². The van der Waals surface area contributed by atoms with Gasteiger partial charge in [-0.25, -0.2) is 4.98 Å². The molecule has 0 amide bonds. The highest BCUT2D eigenvalue weighted by atomic mass is 15.3. The standard InChI is InChI=1S/C29H36N4.C2H6/c1-28-13-11-21(32-16-15-30-18-32)17-20(28)7-8-22-23-9-10-27(29(23,2)14-12-24(22)28)33-19-31-25-5-3-4-6-26(25)33;1-2/h3-7,10,15-16,19,21-24,30H,8-9,11-14,17-18H2,1-2H3;1-2H3. The van der Waals surface area contributed by atoms with E-state index >= 15 is 0 Å². The largest absolute Gasteiger partial charge is 0.373 e. The highest BCUT2D eigenvalue weighted by Crippen LogP contribution is 2.65. The van der Waals surface area contributed by atoms with Gasteiger partial charge in [-0.15, -0.1) is 0 Å². The summed E-state index contributed by atoms with van der Waals surface area (Å²) in [5, 5.41) is 3.37. The molecule has 0 radical (unpaired) electrons. The van der Waals surface area contributed by atoms with Crippen molar-refractivity contribution in [3.8, 4) is 0 Å². The number of benzene rings is 1. The van der Waals surface area contributed by atoms with Crippen LogP contribution in [0.3, 0.4) is 0 Å². The van der Waals surface area contributed by atoms with Gasteiger partial charge in [0.1, 0.15) is 6.33 Å². The molecule has 0 saturated heterocycles. The van der Waals surface area contributed by atoms with Crippen molar-refractivity contribution >= 4 is 16.7 Å². The summed E-state index contributed by atoms with van der Waals surface area (Å²) in [4.78, 5) is 7.24. The van der Waals surface area contributed by atoms with Crippen molar-refractivity contribution < 1.29 is 0 Å². The third-order valence-corrected chi connectivity index (χ3v) is 10.5. The van der Waals surface area contributed by atoms with Crippen molar-refractivity contribution in [2.24, 2.45) is 28.6 Å². The van der Waals surface area contributed by atoms with Crippen LogP contribution in [0.5, 0.6) is 0 Å². The Morgan fingerprint density at radius 3 is 2.63 bits per heavy atom. The molecule has 4 nitrogen and oxygen atoms in total. The molecule has 2 heterocycles. The van der Waals surface area contributed by atoms with Crippen LogP contribution in [0.25, 0.3) is 16.7 Å². The van der Waals surface area contributed by atoms with Crippen LogP contribution in [-0.2, 0) is 0 Å². The maximum absolute atomic E-state index is 4.72. The summed E-state index contributed by atoms with van der Waals surface area (Å²) < 4.78 is 2.41. The summed E-state index contributed by atoms with van der Waals surface area (Å²) in [6.07, 6.45) is 20.8. The van der Waals surface area contributed by atoms with Crippen LogP contribution in [0.1, 0.15) is 72.6 Å². The Hall–Kier alpha value is -2.49. The molecule has 2 saturated carbocycles. The van der Waals surface area contributed by atoms with Crippen LogP contribution in [-0.4, -0.2) is 27.2 Å². The van der Waals surface area contributed by atoms with E-state index in [1.165, 1.54) is 56.2 Å². The highest BCUT2D eigenvalue weighted by molar-refractivity contribution is 5.80. The summed E-state index contributed by atoms with van der Waals surface area (Å²) in [5.74, 6) is 2.41. The second kappa shape index (κ2) is 8.57. The van der Waals surface area contributed by atoms with Crippen LogP contribution >= 0.6 is 0 Å². The zero-order valence-electron chi connectivity index (χ0n) is 22.0. The first-order valence-corrected chi connectivity index (χ1v) is 14.1. The van der Waals surface area contributed by atoms with Crippen molar-refractivity contribution in [2.75, 3.05) is 6.67 Å². The third kappa shape index (κ3) is 3.35. The van der Waals surface area contributed by atoms with E-state index < -0.39 is 0 Å². The molecule has 6 unspecified atom stereocenters. The smallest absolute Gasteiger partial charge is 0.100 e. The monoisotopic (exact) mass is 470 g/mol. The molecule has 5 aliphatic rings. The quantitative estimate of drug-likeness (QED) is 0.472. The van der Waals surface area contributed by atoms with Gasteiger partial charge in [0.05, 0.1) is 17.7 Å². The van der Waals surface area contributed by atoms with Crippen LogP contribution in [0.4, 0.5) is 0 Å². The van der Waals surface area contributed by atoms with Crippen LogP contribution in [0.15, 0.2) is 60.7 Å². The van der Waals surface area contributed by atoms with Crippen molar-refractivity contribution in [1.82, 2.24) is 19.8 Å². The first kappa shape index (κ1) is 22.9. The van der Waals surface area contributed by atoms with E-state index in [0.29, 0.717) is 11.5 Å². The van der Waals surface area contributed by atoms with E-state index in [4.69, 9.17) is 4.98 Å².